The number of rotatable bonds is 9. The summed E-state index contributed by atoms with van der Waals surface area (Å²) in [5.74, 6) is 0.203. The molecule has 4 rings (SSSR count). The van der Waals surface area contributed by atoms with Gasteiger partial charge in [-0.3, -0.25) is 9.97 Å². The molecule has 8 nitrogen and oxygen atoms in total. The number of carboxylic acids is 1. The number of carbonyl (C=O) groups is 1. The molecule has 0 amide bonds. The summed E-state index contributed by atoms with van der Waals surface area (Å²) in [6.07, 6.45) is 7.65. The summed E-state index contributed by atoms with van der Waals surface area (Å²) in [5.41, 5.74) is 3.32. The Bertz CT molecular complexity index is 1110. The molecule has 2 fully saturated rings. The van der Waals surface area contributed by atoms with Gasteiger partial charge in [-0.15, -0.1) is 0 Å². The number of piperidine rings is 1. The molecule has 214 valence electrons. The van der Waals surface area contributed by atoms with E-state index in [9.17, 15) is 9.90 Å². The first-order valence-corrected chi connectivity index (χ1v) is 14.3. The predicted molar refractivity (Wildman–Crippen MR) is 152 cm³/mol. The highest BCUT2D eigenvalue weighted by Crippen LogP contribution is 2.44. The van der Waals surface area contributed by atoms with Crippen molar-refractivity contribution in [2.75, 3.05) is 37.8 Å². The number of hydrogen-bond donors (Lipinski definition) is 1. The normalized spacial score (nSPS) is 19.1. The molecule has 0 aromatic carbocycles. The lowest BCUT2D eigenvalue weighted by molar-refractivity contribution is -0.160. The highest BCUT2D eigenvalue weighted by molar-refractivity contribution is 5.85. The monoisotopic (exact) mass is 539 g/mol. The molecule has 2 aromatic heterocycles. The van der Waals surface area contributed by atoms with Gasteiger partial charge in [-0.2, -0.15) is 0 Å². The van der Waals surface area contributed by atoms with Crippen LogP contribution in [0.15, 0.2) is 24.5 Å². The third-order valence-corrected chi connectivity index (χ3v) is 8.22. The summed E-state index contributed by atoms with van der Waals surface area (Å²) >= 11 is 0. The first-order chi connectivity index (χ1) is 18.5. The Balaban J connectivity index is 1.71. The van der Waals surface area contributed by atoms with Gasteiger partial charge in [-0.25, -0.2) is 4.79 Å². The zero-order chi connectivity index (χ0) is 28.2. The van der Waals surface area contributed by atoms with E-state index in [1.54, 1.807) is 6.20 Å². The largest absolute Gasteiger partial charge is 0.492 e. The van der Waals surface area contributed by atoms with Gasteiger partial charge < -0.3 is 24.2 Å². The third-order valence-electron chi connectivity index (χ3n) is 8.22. The molecule has 0 bridgehead atoms. The molecule has 0 radical (unpaired) electrons. The van der Waals surface area contributed by atoms with E-state index in [-0.39, 0.29) is 5.41 Å². The standard InChI is InChI=1S/C31H45N3O5/c1-7-31(6)12-14-34(15-13-31)27-24(19-32-21(2)26(27)28(29(35)36)39-30(3,4)5)25-9-8-23(18-33-25)38-20-22-10-16-37-17-11-22/h8-9,18-19,22,28H,7,10-17,20H2,1-6H3,(H,35,36)/t28-/m0/s1. The smallest absolute Gasteiger partial charge is 0.337 e. The van der Waals surface area contributed by atoms with Crippen LogP contribution in [0.25, 0.3) is 11.3 Å². The Morgan fingerprint density at radius 2 is 1.87 bits per heavy atom. The Morgan fingerprint density at radius 1 is 1.18 bits per heavy atom. The van der Waals surface area contributed by atoms with Crippen LogP contribution >= 0.6 is 0 Å². The van der Waals surface area contributed by atoms with Crippen molar-refractivity contribution in [3.05, 3.63) is 35.8 Å². The number of hydrogen-bond acceptors (Lipinski definition) is 7. The van der Waals surface area contributed by atoms with Crippen molar-refractivity contribution in [3.8, 4) is 17.0 Å². The molecule has 1 atom stereocenters. The molecule has 4 heterocycles. The molecule has 2 saturated heterocycles. The van der Waals surface area contributed by atoms with Crippen molar-refractivity contribution >= 4 is 11.7 Å². The fraction of sp³-hybridized carbons (Fsp3) is 0.645. The zero-order valence-corrected chi connectivity index (χ0v) is 24.5. The summed E-state index contributed by atoms with van der Waals surface area (Å²) < 4.78 is 17.6. The quantitative estimate of drug-likeness (QED) is 0.402. The van der Waals surface area contributed by atoms with Crippen molar-refractivity contribution in [2.24, 2.45) is 11.3 Å². The number of carboxylic acid groups (broad SMARTS) is 1. The van der Waals surface area contributed by atoms with E-state index in [1.807, 2.05) is 46.0 Å². The van der Waals surface area contributed by atoms with Gasteiger partial charge in [-0.1, -0.05) is 20.3 Å². The van der Waals surface area contributed by atoms with Crippen molar-refractivity contribution < 1.29 is 24.1 Å². The summed E-state index contributed by atoms with van der Waals surface area (Å²) in [7, 11) is 0. The average molecular weight is 540 g/mol. The minimum absolute atomic E-state index is 0.286. The lowest BCUT2D eigenvalue weighted by atomic mass is 9.78. The summed E-state index contributed by atoms with van der Waals surface area (Å²) in [6.45, 7) is 16.0. The molecule has 2 aromatic rings. The first-order valence-electron chi connectivity index (χ1n) is 14.3. The van der Waals surface area contributed by atoms with Crippen LogP contribution in [-0.4, -0.2) is 59.6 Å². The van der Waals surface area contributed by atoms with Crippen LogP contribution in [0.1, 0.15) is 84.1 Å². The van der Waals surface area contributed by atoms with E-state index in [1.165, 1.54) is 0 Å². The number of aliphatic carboxylic acids is 1. The lowest BCUT2D eigenvalue weighted by Crippen LogP contribution is -2.40. The summed E-state index contributed by atoms with van der Waals surface area (Å²) in [4.78, 5) is 24.3. The van der Waals surface area contributed by atoms with Crippen LogP contribution in [0.4, 0.5) is 5.69 Å². The highest BCUT2D eigenvalue weighted by Gasteiger charge is 2.36. The third kappa shape index (κ3) is 7.28. The number of nitrogens with zero attached hydrogens (tertiary/aromatic N) is 3. The number of pyridine rings is 2. The number of anilines is 1. The summed E-state index contributed by atoms with van der Waals surface area (Å²) in [6, 6.07) is 3.88. The maximum absolute atomic E-state index is 12.6. The fourth-order valence-corrected chi connectivity index (χ4v) is 5.41. The SMILES string of the molecule is CCC1(C)CCN(c2c(-c3ccc(OCC4CCOCC4)cn3)cnc(C)c2[C@H](OC(C)(C)C)C(=O)O)CC1. The topological polar surface area (TPSA) is 94.0 Å². The Kier molecular flexibility index (Phi) is 9.17. The van der Waals surface area contributed by atoms with E-state index in [0.717, 1.165) is 81.1 Å². The number of aromatic nitrogens is 2. The lowest BCUT2D eigenvalue weighted by Gasteiger charge is -2.42. The van der Waals surface area contributed by atoms with Crippen LogP contribution in [-0.2, 0) is 14.3 Å². The van der Waals surface area contributed by atoms with Crippen molar-refractivity contribution in [2.45, 2.75) is 85.4 Å². The molecule has 0 unspecified atom stereocenters. The van der Waals surface area contributed by atoms with E-state index in [4.69, 9.17) is 19.2 Å². The fourth-order valence-electron chi connectivity index (χ4n) is 5.41. The van der Waals surface area contributed by atoms with E-state index >= 15 is 0 Å². The van der Waals surface area contributed by atoms with Gasteiger partial charge in [-0.05, 0) is 76.8 Å². The second-order valence-electron chi connectivity index (χ2n) is 12.4. The maximum atomic E-state index is 12.6. The van der Waals surface area contributed by atoms with E-state index in [0.29, 0.717) is 23.8 Å². The Morgan fingerprint density at radius 3 is 2.44 bits per heavy atom. The molecule has 39 heavy (non-hydrogen) atoms. The number of ether oxygens (including phenoxy) is 3. The molecule has 0 spiro atoms. The molecular formula is C31H45N3O5. The minimum atomic E-state index is -1.14. The molecule has 1 N–H and O–H groups in total. The first kappa shape index (κ1) is 29.3. The predicted octanol–water partition coefficient (Wildman–Crippen LogP) is 6.21. The van der Waals surface area contributed by atoms with E-state index in [2.05, 4.69) is 23.7 Å². The molecule has 8 heteroatoms. The average Bonchev–Trinajstić information content (AvgIpc) is 2.91. The van der Waals surface area contributed by atoms with Crippen LogP contribution in [0.2, 0.25) is 0 Å². The molecular weight excluding hydrogens is 494 g/mol. The van der Waals surface area contributed by atoms with Gasteiger partial charge in [0.1, 0.15) is 5.75 Å². The van der Waals surface area contributed by atoms with Crippen molar-refractivity contribution in [1.82, 2.24) is 9.97 Å². The number of aryl methyl sites for hydroxylation is 1. The van der Waals surface area contributed by atoms with Gasteiger partial charge in [0.2, 0.25) is 0 Å². The van der Waals surface area contributed by atoms with Gasteiger partial charge >= 0.3 is 5.97 Å². The van der Waals surface area contributed by atoms with Gasteiger partial charge in [0.05, 0.1) is 29.8 Å². The maximum Gasteiger partial charge on any atom is 0.337 e. The van der Waals surface area contributed by atoms with Crippen LogP contribution in [0.3, 0.4) is 0 Å². The van der Waals surface area contributed by atoms with Crippen molar-refractivity contribution in [3.63, 3.8) is 0 Å². The summed E-state index contributed by atoms with van der Waals surface area (Å²) in [5, 5.41) is 10.3. The molecule has 0 saturated carbocycles. The molecule has 2 aliphatic rings. The van der Waals surface area contributed by atoms with Gasteiger partial charge in [0.15, 0.2) is 6.10 Å². The zero-order valence-electron chi connectivity index (χ0n) is 24.5. The van der Waals surface area contributed by atoms with Crippen LogP contribution in [0.5, 0.6) is 5.75 Å². The highest BCUT2D eigenvalue weighted by atomic mass is 16.5. The minimum Gasteiger partial charge on any atom is -0.492 e. The van der Waals surface area contributed by atoms with Gasteiger partial charge in [0, 0.05) is 49.3 Å². The van der Waals surface area contributed by atoms with Gasteiger partial charge in [0.25, 0.3) is 0 Å². The second kappa shape index (κ2) is 12.2. The van der Waals surface area contributed by atoms with E-state index < -0.39 is 17.7 Å². The van der Waals surface area contributed by atoms with Crippen LogP contribution in [0, 0.1) is 18.3 Å². The molecule has 2 aliphatic heterocycles. The Hall–Kier alpha value is -2.71. The second-order valence-corrected chi connectivity index (χ2v) is 12.4. The Labute approximate surface area is 233 Å². The molecule has 0 aliphatic carbocycles. The van der Waals surface area contributed by atoms with Crippen LogP contribution < -0.4 is 9.64 Å². The van der Waals surface area contributed by atoms with Crippen molar-refractivity contribution in [1.29, 1.82) is 0 Å².